The minimum absolute atomic E-state index is 0.0116. The number of nitrogens with zero attached hydrogens (tertiary/aromatic N) is 3. The number of rotatable bonds is 4. The number of aromatic nitrogens is 3. The van der Waals surface area contributed by atoms with Crippen molar-refractivity contribution in [1.29, 1.82) is 0 Å². The molecule has 23 heavy (non-hydrogen) atoms. The van der Waals surface area contributed by atoms with Gasteiger partial charge in [0.2, 0.25) is 11.7 Å². The van der Waals surface area contributed by atoms with Crippen molar-refractivity contribution in [3.8, 4) is 11.5 Å². The second kappa shape index (κ2) is 6.17. The molecule has 118 valence electrons. The van der Waals surface area contributed by atoms with Crippen LogP contribution in [0.5, 0.6) is 0 Å². The molecule has 3 rings (SSSR count). The minimum Gasteiger partial charge on any atom is -0.361 e. The molecule has 0 spiro atoms. The Hall–Kier alpha value is -2.74. The van der Waals surface area contributed by atoms with Gasteiger partial charge in [-0.05, 0) is 25.1 Å². The highest BCUT2D eigenvalue weighted by Crippen LogP contribution is 2.17. The number of carbonyl (C=O) groups excluding carboxylic acids is 1. The van der Waals surface area contributed by atoms with Gasteiger partial charge in [-0.3, -0.25) is 4.79 Å². The van der Waals surface area contributed by atoms with Crippen molar-refractivity contribution in [2.75, 3.05) is 0 Å². The van der Waals surface area contributed by atoms with E-state index in [4.69, 9.17) is 20.6 Å². The number of hydrogen-bond acceptors (Lipinski definition) is 6. The molecule has 0 aliphatic rings. The maximum atomic E-state index is 13.1. The molecule has 3 aromatic rings. The standard InChI is InChI=1S/C14H10ClFN4O3/c1-7-4-11(19-22-7)13-18-12(23-20-13)6-17-14(21)8-2-3-10(16)9(15)5-8/h2-5H,6H2,1H3,(H,17,21). The van der Waals surface area contributed by atoms with Crippen molar-refractivity contribution >= 4 is 17.5 Å². The Morgan fingerprint density at radius 2 is 2.13 bits per heavy atom. The average molecular weight is 337 g/mol. The highest BCUT2D eigenvalue weighted by molar-refractivity contribution is 6.31. The van der Waals surface area contributed by atoms with E-state index >= 15 is 0 Å². The molecule has 9 heteroatoms. The number of hydrogen-bond donors (Lipinski definition) is 1. The molecule has 0 bridgehead atoms. The second-order valence-electron chi connectivity index (χ2n) is 4.65. The van der Waals surface area contributed by atoms with E-state index in [0.717, 1.165) is 6.07 Å². The van der Waals surface area contributed by atoms with E-state index in [0.29, 0.717) is 11.5 Å². The van der Waals surface area contributed by atoms with Crippen LogP contribution in [0.15, 0.2) is 33.3 Å². The lowest BCUT2D eigenvalue weighted by Crippen LogP contribution is -2.23. The summed E-state index contributed by atoms with van der Waals surface area (Å²) in [7, 11) is 0. The van der Waals surface area contributed by atoms with Gasteiger partial charge in [0.15, 0.2) is 5.69 Å². The number of amides is 1. The van der Waals surface area contributed by atoms with Gasteiger partial charge in [-0.1, -0.05) is 21.9 Å². The molecule has 0 radical (unpaired) electrons. The summed E-state index contributed by atoms with van der Waals surface area (Å²) in [6.07, 6.45) is 0. The lowest BCUT2D eigenvalue weighted by atomic mass is 10.2. The Kier molecular flexibility index (Phi) is 4.07. The number of carbonyl (C=O) groups is 1. The molecule has 2 heterocycles. The summed E-state index contributed by atoms with van der Waals surface area (Å²) in [6, 6.07) is 5.35. The molecule has 2 aromatic heterocycles. The molecule has 7 nitrogen and oxygen atoms in total. The van der Waals surface area contributed by atoms with Crippen LogP contribution < -0.4 is 5.32 Å². The number of halogens is 2. The van der Waals surface area contributed by atoms with E-state index in [9.17, 15) is 9.18 Å². The van der Waals surface area contributed by atoms with E-state index in [-0.39, 0.29) is 28.8 Å². The van der Waals surface area contributed by atoms with Crippen LogP contribution in [0, 0.1) is 12.7 Å². The Morgan fingerprint density at radius 3 is 2.83 bits per heavy atom. The fourth-order valence-corrected chi connectivity index (χ4v) is 1.98. The summed E-state index contributed by atoms with van der Waals surface area (Å²) in [5.41, 5.74) is 0.664. The number of benzene rings is 1. The predicted octanol–water partition coefficient (Wildman–Crippen LogP) is 2.76. The molecule has 0 saturated heterocycles. The summed E-state index contributed by atoms with van der Waals surface area (Å²) in [6.45, 7) is 1.75. The van der Waals surface area contributed by atoms with Crippen LogP contribution in [0.4, 0.5) is 4.39 Å². The third-order valence-electron chi connectivity index (χ3n) is 2.91. The van der Waals surface area contributed by atoms with Gasteiger partial charge in [0.05, 0.1) is 11.6 Å². The molecule has 0 atom stereocenters. The zero-order valence-electron chi connectivity index (χ0n) is 11.8. The third kappa shape index (κ3) is 3.37. The summed E-state index contributed by atoms with van der Waals surface area (Å²) in [4.78, 5) is 16.0. The topological polar surface area (TPSA) is 94.1 Å². The van der Waals surface area contributed by atoms with Crippen molar-refractivity contribution in [3.05, 3.63) is 52.3 Å². The summed E-state index contributed by atoms with van der Waals surface area (Å²) >= 11 is 5.64. The van der Waals surface area contributed by atoms with E-state index < -0.39 is 11.7 Å². The Morgan fingerprint density at radius 1 is 1.30 bits per heavy atom. The fourth-order valence-electron chi connectivity index (χ4n) is 1.80. The first-order chi connectivity index (χ1) is 11.0. The van der Waals surface area contributed by atoms with Crippen LogP contribution >= 0.6 is 11.6 Å². The normalized spacial score (nSPS) is 10.7. The number of nitrogens with one attached hydrogen (secondary N) is 1. The van der Waals surface area contributed by atoms with E-state index in [1.165, 1.54) is 12.1 Å². The Labute approximate surface area is 134 Å². The van der Waals surface area contributed by atoms with Crippen LogP contribution in [0.3, 0.4) is 0 Å². The van der Waals surface area contributed by atoms with Crippen molar-refractivity contribution in [2.24, 2.45) is 0 Å². The van der Waals surface area contributed by atoms with Crippen LogP contribution in [0.1, 0.15) is 22.0 Å². The molecular formula is C14H10ClFN4O3. The average Bonchev–Trinajstić information content (AvgIpc) is 3.16. The summed E-state index contributed by atoms with van der Waals surface area (Å²) in [5, 5.41) is 9.95. The molecule has 0 fully saturated rings. The fraction of sp³-hybridized carbons (Fsp3) is 0.143. The second-order valence-corrected chi connectivity index (χ2v) is 5.05. The molecule has 0 saturated carbocycles. The van der Waals surface area contributed by atoms with Gasteiger partial charge in [0.1, 0.15) is 11.6 Å². The van der Waals surface area contributed by atoms with Gasteiger partial charge in [0.25, 0.3) is 5.91 Å². The van der Waals surface area contributed by atoms with Crippen LogP contribution in [0.2, 0.25) is 5.02 Å². The van der Waals surface area contributed by atoms with Crippen LogP contribution in [-0.4, -0.2) is 21.2 Å². The monoisotopic (exact) mass is 336 g/mol. The van der Waals surface area contributed by atoms with E-state index in [2.05, 4.69) is 20.6 Å². The minimum atomic E-state index is -0.590. The van der Waals surface area contributed by atoms with Gasteiger partial charge < -0.3 is 14.4 Å². The molecule has 0 aliphatic carbocycles. The van der Waals surface area contributed by atoms with Crippen molar-refractivity contribution in [2.45, 2.75) is 13.5 Å². The van der Waals surface area contributed by atoms with E-state index in [1.54, 1.807) is 13.0 Å². The summed E-state index contributed by atoms with van der Waals surface area (Å²) in [5.74, 6) is 0.0441. The highest BCUT2D eigenvalue weighted by atomic mass is 35.5. The van der Waals surface area contributed by atoms with Crippen molar-refractivity contribution in [3.63, 3.8) is 0 Å². The van der Waals surface area contributed by atoms with Crippen molar-refractivity contribution < 1.29 is 18.2 Å². The highest BCUT2D eigenvalue weighted by Gasteiger charge is 2.14. The lowest BCUT2D eigenvalue weighted by molar-refractivity contribution is 0.0946. The molecule has 1 N–H and O–H groups in total. The molecular weight excluding hydrogens is 327 g/mol. The van der Waals surface area contributed by atoms with Crippen LogP contribution in [-0.2, 0) is 6.54 Å². The maximum Gasteiger partial charge on any atom is 0.251 e. The smallest absolute Gasteiger partial charge is 0.251 e. The molecule has 1 aromatic carbocycles. The molecule has 1 amide bonds. The quantitative estimate of drug-likeness (QED) is 0.787. The first-order valence-electron chi connectivity index (χ1n) is 6.52. The number of aryl methyl sites for hydroxylation is 1. The van der Waals surface area contributed by atoms with Gasteiger partial charge in [0, 0.05) is 11.6 Å². The Balaban J connectivity index is 1.65. The third-order valence-corrected chi connectivity index (χ3v) is 3.20. The van der Waals surface area contributed by atoms with Gasteiger partial charge >= 0.3 is 0 Å². The van der Waals surface area contributed by atoms with Gasteiger partial charge in [-0.25, -0.2) is 4.39 Å². The largest absolute Gasteiger partial charge is 0.361 e. The zero-order chi connectivity index (χ0) is 16.4. The zero-order valence-corrected chi connectivity index (χ0v) is 12.6. The first-order valence-corrected chi connectivity index (χ1v) is 6.90. The van der Waals surface area contributed by atoms with Crippen molar-refractivity contribution in [1.82, 2.24) is 20.6 Å². The lowest BCUT2D eigenvalue weighted by Gasteiger charge is -2.03. The van der Waals surface area contributed by atoms with Crippen LogP contribution in [0.25, 0.3) is 11.5 Å². The van der Waals surface area contributed by atoms with Gasteiger partial charge in [-0.15, -0.1) is 0 Å². The van der Waals surface area contributed by atoms with Gasteiger partial charge in [-0.2, -0.15) is 4.98 Å². The first kappa shape index (κ1) is 15.2. The summed E-state index contributed by atoms with van der Waals surface area (Å²) < 4.78 is 23.0. The van der Waals surface area contributed by atoms with E-state index in [1.807, 2.05) is 0 Å². The Bertz CT molecular complexity index is 861. The predicted molar refractivity (Wildman–Crippen MR) is 77.1 cm³/mol. The maximum absolute atomic E-state index is 13.1. The molecule has 0 unspecified atom stereocenters. The SMILES string of the molecule is Cc1cc(-c2noc(CNC(=O)c3ccc(F)c(Cl)c3)n2)no1. The molecule has 0 aliphatic heterocycles.